The van der Waals surface area contributed by atoms with Crippen LogP contribution in [0.25, 0.3) is 0 Å². The van der Waals surface area contributed by atoms with Crippen LogP contribution in [-0.4, -0.2) is 29.5 Å². The van der Waals surface area contributed by atoms with Crippen LogP contribution in [-0.2, 0) is 11.3 Å². The highest BCUT2D eigenvalue weighted by atomic mass is 16.5. The Hall–Kier alpha value is -2.78. The molecule has 0 aliphatic rings. The molecule has 0 saturated heterocycles. The third-order valence-corrected chi connectivity index (χ3v) is 3.50. The maximum Gasteiger partial charge on any atom is 0.253 e. The number of nitriles is 1. The number of ether oxygens (including phenoxy) is 2. The van der Waals surface area contributed by atoms with Crippen LogP contribution in [0.3, 0.4) is 0 Å². The monoisotopic (exact) mass is 328 g/mol. The van der Waals surface area contributed by atoms with Gasteiger partial charge >= 0.3 is 0 Å². The SMILES string of the molecule is Cc1cc(=O)n(CCCOCCOc2ccccc2)c(O)c1C#N. The van der Waals surface area contributed by atoms with Gasteiger partial charge in [0.2, 0.25) is 5.88 Å². The molecule has 2 rings (SSSR count). The molecule has 126 valence electrons. The molecule has 0 amide bonds. The van der Waals surface area contributed by atoms with Crippen LogP contribution >= 0.6 is 0 Å². The fourth-order valence-electron chi connectivity index (χ4n) is 2.27. The molecular formula is C18H20N2O4. The van der Waals surface area contributed by atoms with Crippen molar-refractivity contribution in [3.05, 3.63) is 57.9 Å². The van der Waals surface area contributed by atoms with Crippen molar-refractivity contribution in [2.45, 2.75) is 19.9 Å². The van der Waals surface area contributed by atoms with E-state index in [9.17, 15) is 9.90 Å². The predicted octanol–water partition coefficient (Wildman–Crippen LogP) is 2.22. The molecule has 1 aromatic heterocycles. The quantitative estimate of drug-likeness (QED) is 0.751. The molecular weight excluding hydrogens is 308 g/mol. The average Bonchev–Trinajstić information content (AvgIpc) is 2.57. The number of aryl methyl sites for hydroxylation is 1. The second-order valence-electron chi connectivity index (χ2n) is 5.26. The maximum absolute atomic E-state index is 11.9. The first-order chi connectivity index (χ1) is 11.6. The van der Waals surface area contributed by atoms with E-state index in [2.05, 4.69) is 0 Å². The Kier molecular flexibility index (Phi) is 6.41. The number of aromatic nitrogens is 1. The highest BCUT2D eigenvalue weighted by molar-refractivity contribution is 5.43. The zero-order chi connectivity index (χ0) is 17.4. The van der Waals surface area contributed by atoms with Crippen molar-refractivity contribution in [2.24, 2.45) is 0 Å². The Morgan fingerprint density at radius 1 is 1.21 bits per heavy atom. The standard InChI is InChI=1S/C18H20N2O4/c1-14-12-17(21)20(18(22)16(14)13-19)8-5-9-23-10-11-24-15-6-3-2-4-7-15/h2-4,6-7,12,22H,5,8-11H2,1H3. The van der Waals surface area contributed by atoms with Gasteiger partial charge in [0.25, 0.3) is 5.56 Å². The average molecular weight is 328 g/mol. The van der Waals surface area contributed by atoms with Gasteiger partial charge in [0, 0.05) is 19.2 Å². The second kappa shape index (κ2) is 8.75. The molecule has 1 aromatic carbocycles. The van der Waals surface area contributed by atoms with Gasteiger partial charge in [-0.05, 0) is 31.0 Å². The lowest BCUT2D eigenvalue weighted by Gasteiger charge is -2.11. The van der Waals surface area contributed by atoms with Crippen molar-refractivity contribution < 1.29 is 14.6 Å². The summed E-state index contributed by atoms with van der Waals surface area (Å²) in [4.78, 5) is 11.9. The Morgan fingerprint density at radius 2 is 1.96 bits per heavy atom. The van der Waals surface area contributed by atoms with Crippen molar-refractivity contribution in [1.29, 1.82) is 5.26 Å². The van der Waals surface area contributed by atoms with Crippen molar-refractivity contribution >= 4 is 0 Å². The number of nitrogens with zero attached hydrogens (tertiary/aromatic N) is 2. The normalized spacial score (nSPS) is 10.3. The van der Waals surface area contributed by atoms with Crippen LogP contribution in [0.4, 0.5) is 0 Å². The van der Waals surface area contributed by atoms with E-state index in [0.29, 0.717) is 38.3 Å². The lowest BCUT2D eigenvalue weighted by molar-refractivity contribution is 0.0958. The third kappa shape index (κ3) is 4.61. The number of benzene rings is 1. The lowest BCUT2D eigenvalue weighted by atomic mass is 10.1. The van der Waals surface area contributed by atoms with E-state index < -0.39 is 0 Å². The number of pyridine rings is 1. The minimum Gasteiger partial charge on any atom is -0.493 e. The van der Waals surface area contributed by atoms with E-state index in [1.807, 2.05) is 36.4 Å². The summed E-state index contributed by atoms with van der Waals surface area (Å²) in [6.45, 7) is 3.23. The maximum atomic E-state index is 11.9. The molecule has 6 nitrogen and oxygen atoms in total. The summed E-state index contributed by atoms with van der Waals surface area (Å²) in [6.07, 6.45) is 0.548. The summed E-state index contributed by atoms with van der Waals surface area (Å²) in [5.41, 5.74) is 0.286. The summed E-state index contributed by atoms with van der Waals surface area (Å²) >= 11 is 0. The van der Waals surface area contributed by atoms with Crippen LogP contribution < -0.4 is 10.3 Å². The molecule has 0 radical (unpaired) electrons. The van der Waals surface area contributed by atoms with Crippen LogP contribution in [0.15, 0.2) is 41.2 Å². The van der Waals surface area contributed by atoms with Gasteiger partial charge in [0.05, 0.1) is 6.61 Å². The number of aromatic hydroxyl groups is 1. The van der Waals surface area contributed by atoms with Gasteiger partial charge in [-0.15, -0.1) is 0 Å². The third-order valence-electron chi connectivity index (χ3n) is 3.50. The predicted molar refractivity (Wildman–Crippen MR) is 89.2 cm³/mol. The fourth-order valence-corrected chi connectivity index (χ4v) is 2.27. The van der Waals surface area contributed by atoms with E-state index >= 15 is 0 Å². The highest BCUT2D eigenvalue weighted by Crippen LogP contribution is 2.17. The summed E-state index contributed by atoms with van der Waals surface area (Å²) in [5.74, 6) is 0.510. The van der Waals surface area contributed by atoms with Gasteiger partial charge < -0.3 is 14.6 Å². The molecule has 0 spiro atoms. The first-order valence-electron chi connectivity index (χ1n) is 7.72. The van der Waals surface area contributed by atoms with Crippen LogP contribution in [0, 0.1) is 18.3 Å². The number of para-hydroxylation sites is 1. The Labute approximate surface area is 140 Å². The number of rotatable bonds is 8. The van der Waals surface area contributed by atoms with Crippen LogP contribution in [0.5, 0.6) is 11.6 Å². The number of hydrogen-bond acceptors (Lipinski definition) is 5. The lowest BCUT2D eigenvalue weighted by Crippen LogP contribution is -2.21. The smallest absolute Gasteiger partial charge is 0.253 e. The zero-order valence-electron chi connectivity index (χ0n) is 13.6. The van der Waals surface area contributed by atoms with Crippen molar-refractivity contribution in [2.75, 3.05) is 19.8 Å². The summed E-state index contributed by atoms with van der Waals surface area (Å²) < 4.78 is 12.1. The van der Waals surface area contributed by atoms with Crippen molar-refractivity contribution in [3.63, 3.8) is 0 Å². The fraction of sp³-hybridized carbons (Fsp3) is 0.333. The number of hydrogen-bond donors (Lipinski definition) is 1. The van der Waals surface area contributed by atoms with Gasteiger partial charge in [-0.1, -0.05) is 18.2 Å². The molecule has 1 N–H and O–H groups in total. The van der Waals surface area contributed by atoms with E-state index in [1.165, 1.54) is 10.6 Å². The largest absolute Gasteiger partial charge is 0.493 e. The van der Waals surface area contributed by atoms with Crippen molar-refractivity contribution in [3.8, 4) is 17.7 Å². The second-order valence-corrected chi connectivity index (χ2v) is 5.26. The molecule has 0 unspecified atom stereocenters. The Balaban J connectivity index is 1.73. The van der Waals surface area contributed by atoms with Gasteiger partial charge in [-0.3, -0.25) is 9.36 Å². The van der Waals surface area contributed by atoms with E-state index in [1.54, 1.807) is 6.92 Å². The molecule has 0 aliphatic heterocycles. The van der Waals surface area contributed by atoms with Gasteiger partial charge in [0.15, 0.2) is 0 Å². The van der Waals surface area contributed by atoms with E-state index in [0.717, 1.165) is 5.75 Å². The minimum absolute atomic E-state index is 0.131. The molecule has 0 bridgehead atoms. The molecule has 6 heteroatoms. The minimum atomic E-state index is -0.323. The van der Waals surface area contributed by atoms with E-state index in [-0.39, 0.29) is 17.0 Å². The molecule has 0 atom stereocenters. The zero-order valence-corrected chi connectivity index (χ0v) is 13.6. The van der Waals surface area contributed by atoms with Crippen LogP contribution in [0.1, 0.15) is 17.5 Å². The highest BCUT2D eigenvalue weighted by Gasteiger charge is 2.11. The molecule has 0 fully saturated rings. The molecule has 2 aromatic rings. The first-order valence-corrected chi connectivity index (χ1v) is 7.72. The summed E-state index contributed by atoms with van der Waals surface area (Å²) in [5, 5.41) is 19.0. The van der Waals surface area contributed by atoms with Gasteiger partial charge in [-0.2, -0.15) is 5.26 Å². The molecule has 1 heterocycles. The van der Waals surface area contributed by atoms with Gasteiger partial charge in [-0.25, -0.2) is 0 Å². The summed E-state index contributed by atoms with van der Waals surface area (Å²) in [6, 6.07) is 12.7. The Bertz CT molecular complexity index is 763. The van der Waals surface area contributed by atoms with E-state index in [4.69, 9.17) is 14.7 Å². The Morgan fingerprint density at radius 3 is 2.67 bits per heavy atom. The van der Waals surface area contributed by atoms with Crippen molar-refractivity contribution in [1.82, 2.24) is 4.57 Å². The molecule has 24 heavy (non-hydrogen) atoms. The first kappa shape index (κ1) is 17.6. The topological polar surface area (TPSA) is 84.5 Å². The molecule has 0 aliphatic carbocycles. The molecule has 0 saturated carbocycles. The van der Waals surface area contributed by atoms with Gasteiger partial charge in [0.1, 0.15) is 24.0 Å². The summed E-state index contributed by atoms with van der Waals surface area (Å²) in [7, 11) is 0. The van der Waals surface area contributed by atoms with Crippen LogP contribution in [0.2, 0.25) is 0 Å².